The average molecular weight is 417 g/mol. The third-order valence-electron chi connectivity index (χ3n) is 5.97. The minimum atomic E-state index is 0. The van der Waals surface area contributed by atoms with E-state index in [0.29, 0.717) is 18.4 Å². The van der Waals surface area contributed by atoms with Crippen LogP contribution >= 0.6 is 0 Å². The SMILES string of the molecule is C.CCN1CCN(c2nc(-c3ccc(CCCO)c(C#N)c3)cc3ccccc23)CC1. The number of piperazine rings is 1. The number of aliphatic hydroxyl groups is 1. The van der Waals surface area contributed by atoms with Gasteiger partial charge in [-0.05, 0) is 42.5 Å². The number of hydrogen-bond acceptors (Lipinski definition) is 5. The second-order valence-corrected chi connectivity index (χ2v) is 7.78. The molecule has 0 atom stereocenters. The summed E-state index contributed by atoms with van der Waals surface area (Å²) in [7, 11) is 0. The van der Waals surface area contributed by atoms with Gasteiger partial charge in [0.15, 0.2) is 0 Å². The molecule has 162 valence electrons. The lowest BCUT2D eigenvalue weighted by atomic mass is 9.98. The molecule has 5 heteroatoms. The standard InChI is InChI=1S/C25H28N4O.CH4/c1-2-28-11-13-29(14-12-28)25-23-8-4-3-6-20(23)17-24(27-25)21-10-9-19(7-5-15-30)22(16-21)18-26;/h3-4,6,8-10,16-17,30H,2,5,7,11-15H2,1H3;1H4. The molecule has 1 fully saturated rings. The van der Waals surface area contributed by atoms with Crippen molar-refractivity contribution in [3.8, 4) is 17.3 Å². The molecule has 1 aromatic heterocycles. The fourth-order valence-electron chi connectivity index (χ4n) is 4.17. The van der Waals surface area contributed by atoms with E-state index < -0.39 is 0 Å². The van der Waals surface area contributed by atoms with Crippen LogP contribution in [0.3, 0.4) is 0 Å². The second kappa shape index (κ2) is 10.4. The first kappa shape index (κ1) is 22.7. The Balaban J connectivity index is 0.00000272. The van der Waals surface area contributed by atoms with E-state index in [1.54, 1.807) is 0 Å². The maximum atomic E-state index is 9.62. The number of anilines is 1. The molecule has 31 heavy (non-hydrogen) atoms. The van der Waals surface area contributed by atoms with Crippen LogP contribution < -0.4 is 4.90 Å². The highest BCUT2D eigenvalue weighted by Crippen LogP contribution is 2.31. The van der Waals surface area contributed by atoms with Crippen LogP contribution in [0.15, 0.2) is 48.5 Å². The first-order valence-electron chi connectivity index (χ1n) is 10.7. The van der Waals surface area contributed by atoms with Crippen LogP contribution in [0.4, 0.5) is 5.82 Å². The monoisotopic (exact) mass is 416 g/mol. The minimum Gasteiger partial charge on any atom is -0.396 e. The first-order valence-corrected chi connectivity index (χ1v) is 10.7. The fourth-order valence-corrected chi connectivity index (χ4v) is 4.17. The van der Waals surface area contributed by atoms with E-state index in [-0.39, 0.29) is 14.0 Å². The molecule has 1 N–H and O–H groups in total. The van der Waals surface area contributed by atoms with Crippen molar-refractivity contribution in [2.75, 3.05) is 44.2 Å². The summed E-state index contributed by atoms with van der Waals surface area (Å²) in [5, 5.41) is 21.1. The van der Waals surface area contributed by atoms with Gasteiger partial charge < -0.3 is 14.9 Å². The Morgan fingerprint density at radius 1 is 1.06 bits per heavy atom. The molecular weight excluding hydrogens is 384 g/mol. The number of rotatable bonds is 6. The topological polar surface area (TPSA) is 63.4 Å². The van der Waals surface area contributed by atoms with E-state index in [0.717, 1.165) is 55.4 Å². The normalized spacial score (nSPS) is 14.3. The van der Waals surface area contributed by atoms with Crippen LogP contribution in [0.2, 0.25) is 0 Å². The maximum absolute atomic E-state index is 9.62. The first-order chi connectivity index (χ1) is 14.7. The predicted molar refractivity (Wildman–Crippen MR) is 128 cm³/mol. The van der Waals surface area contributed by atoms with Gasteiger partial charge >= 0.3 is 0 Å². The summed E-state index contributed by atoms with van der Waals surface area (Å²) >= 11 is 0. The second-order valence-electron chi connectivity index (χ2n) is 7.78. The highest BCUT2D eigenvalue weighted by atomic mass is 16.2. The molecule has 3 aromatic rings. The van der Waals surface area contributed by atoms with Crippen molar-refractivity contribution in [3.63, 3.8) is 0 Å². The van der Waals surface area contributed by atoms with Gasteiger partial charge in [0.1, 0.15) is 5.82 Å². The van der Waals surface area contributed by atoms with Gasteiger partial charge in [-0.15, -0.1) is 0 Å². The fraction of sp³-hybridized carbons (Fsp3) is 0.385. The third kappa shape index (κ3) is 4.87. The Kier molecular flexibility index (Phi) is 7.62. The molecule has 2 heterocycles. The molecule has 2 aromatic carbocycles. The summed E-state index contributed by atoms with van der Waals surface area (Å²) in [6, 6.07) is 18.8. The largest absolute Gasteiger partial charge is 0.396 e. The lowest BCUT2D eigenvalue weighted by Gasteiger charge is -2.35. The highest BCUT2D eigenvalue weighted by molar-refractivity contribution is 5.95. The third-order valence-corrected chi connectivity index (χ3v) is 5.97. The van der Waals surface area contributed by atoms with Crippen molar-refractivity contribution in [1.29, 1.82) is 5.26 Å². The van der Waals surface area contributed by atoms with Gasteiger partial charge in [-0.1, -0.05) is 50.7 Å². The van der Waals surface area contributed by atoms with Crippen LogP contribution in [0.25, 0.3) is 22.0 Å². The van der Waals surface area contributed by atoms with Crippen LogP contribution in [0.1, 0.15) is 31.9 Å². The Bertz CT molecular complexity index is 1060. The lowest BCUT2D eigenvalue weighted by molar-refractivity contribution is 0.271. The van der Waals surface area contributed by atoms with E-state index >= 15 is 0 Å². The zero-order chi connectivity index (χ0) is 20.9. The molecule has 0 bridgehead atoms. The summed E-state index contributed by atoms with van der Waals surface area (Å²) in [6.45, 7) is 7.47. The quantitative estimate of drug-likeness (QED) is 0.642. The van der Waals surface area contributed by atoms with Gasteiger partial charge in [-0.25, -0.2) is 4.98 Å². The van der Waals surface area contributed by atoms with E-state index in [4.69, 9.17) is 10.1 Å². The zero-order valence-electron chi connectivity index (χ0n) is 17.5. The number of aryl methyl sites for hydroxylation is 1. The summed E-state index contributed by atoms with van der Waals surface area (Å²) in [5.74, 6) is 1.03. The summed E-state index contributed by atoms with van der Waals surface area (Å²) in [4.78, 5) is 9.92. The van der Waals surface area contributed by atoms with Crippen LogP contribution in [-0.4, -0.2) is 54.3 Å². The van der Waals surface area contributed by atoms with Crippen molar-refractivity contribution in [3.05, 3.63) is 59.7 Å². The summed E-state index contributed by atoms with van der Waals surface area (Å²) in [6.07, 6.45) is 1.37. The summed E-state index contributed by atoms with van der Waals surface area (Å²) in [5.41, 5.74) is 3.49. The van der Waals surface area contributed by atoms with E-state index in [1.165, 1.54) is 10.8 Å². The van der Waals surface area contributed by atoms with Crippen LogP contribution in [0, 0.1) is 11.3 Å². The number of nitriles is 1. The molecule has 4 rings (SSSR count). The molecule has 5 nitrogen and oxygen atoms in total. The number of hydrogen-bond donors (Lipinski definition) is 1. The zero-order valence-corrected chi connectivity index (χ0v) is 17.5. The van der Waals surface area contributed by atoms with E-state index in [9.17, 15) is 5.26 Å². The van der Waals surface area contributed by atoms with Gasteiger partial charge in [-0.2, -0.15) is 5.26 Å². The van der Waals surface area contributed by atoms with Gasteiger partial charge in [0.25, 0.3) is 0 Å². The molecule has 0 amide bonds. The number of benzene rings is 2. The lowest BCUT2D eigenvalue weighted by Crippen LogP contribution is -2.46. The molecule has 0 spiro atoms. The predicted octanol–water partition coefficient (Wildman–Crippen LogP) is 4.48. The van der Waals surface area contributed by atoms with Gasteiger partial charge in [-0.3, -0.25) is 0 Å². The Labute approximate surface area is 185 Å². The van der Waals surface area contributed by atoms with E-state index in [2.05, 4.69) is 53.1 Å². The number of fused-ring (bicyclic) bond motifs is 1. The molecule has 1 saturated heterocycles. The molecule has 1 aliphatic heterocycles. The summed E-state index contributed by atoms with van der Waals surface area (Å²) < 4.78 is 0. The Morgan fingerprint density at radius 2 is 1.84 bits per heavy atom. The van der Waals surface area contributed by atoms with Crippen molar-refractivity contribution < 1.29 is 5.11 Å². The molecule has 0 radical (unpaired) electrons. The molecule has 0 saturated carbocycles. The van der Waals surface area contributed by atoms with Crippen LogP contribution in [-0.2, 0) is 6.42 Å². The van der Waals surface area contributed by atoms with E-state index in [1.807, 2.05) is 18.2 Å². The Morgan fingerprint density at radius 3 is 2.55 bits per heavy atom. The maximum Gasteiger partial charge on any atom is 0.137 e. The van der Waals surface area contributed by atoms with Crippen molar-refractivity contribution in [1.82, 2.24) is 9.88 Å². The number of likely N-dealkylation sites (N-methyl/N-ethyl adjacent to an activating group) is 1. The number of pyridine rings is 1. The highest BCUT2D eigenvalue weighted by Gasteiger charge is 2.20. The van der Waals surface area contributed by atoms with Gasteiger partial charge in [0.05, 0.1) is 17.3 Å². The van der Waals surface area contributed by atoms with Gasteiger partial charge in [0, 0.05) is 43.7 Å². The molecule has 0 aliphatic carbocycles. The minimum absolute atomic E-state index is 0. The smallest absolute Gasteiger partial charge is 0.137 e. The van der Waals surface area contributed by atoms with Crippen molar-refractivity contribution in [2.24, 2.45) is 0 Å². The van der Waals surface area contributed by atoms with Crippen molar-refractivity contribution >= 4 is 16.6 Å². The molecular formula is C26H32N4O. The number of nitrogens with zero attached hydrogens (tertiary/aromatic N) is 4. The Hall–Kier alpha value is -2.94. The van der Waals surface area contributed by atoms with Crippen LogP contribution in [0.5, 0.6) is 0 Å². The number of aromatic nitrogens is 1. The van der Waals surface area contributed by atoms with Crippen molar-refractivity contribution in [2.45, 2.75) is 27.2 Å². The number of aliphatic hydroxyl groups excluding tert-OH is 1. The average Bonchev–Trinajstić information content (AvgIpc) is 2.82. The molecule has 0 unspecified atom stereocenters. The van der Waals surface area contributed by atoms with Gasteiger partial charge in [0.2, 0.25) is 0 Å². The molecule has 1 aliphatic rings.